The molecule has 1 atom stereocenters. The molecule has 0 aromatic heterocycles. The molecule has 0 fully saturated rings. The van der Waals surface area contributed by atoms with Gasteiger partial charge in [-0.2, -0.15) is 0 Å². The normalized spacial score (nSPS) is 12.8. The van der Waals surface area contributed by atoms with E-state index >= 15 is 0 Å². The lowest BCUT2D eigenvalue weighted by Gasteiger charge is -2.23. The van der Waals surface area contributed by atoms with Gasteiger partial charge in [0, 0.05) is 7.11 Å². The van der Waals surface area contributed by atoms with Gasteiger partial charge in [-0.25, -0.2) is 0 Å². The van der Waals surface area contributed by atoms with Crippen molar-refractivity contribution in [3.05, 3.63) is 33.9 Å². The molecule has 0 aliphatic carbocycles. The van der Waals surface area contributed by atoms with Crippen LogP contribution in [0.5, 0.6) is 0 Å². The topological polar surface area (TPSA) is 35.2 Å². The fourth-order valence-corrected chi connectivity index (χ4v) is 2.41. The zero-order valence-corrected chi connectivity index (χ0v) is 11.8. The van der Waals surface area contributed by atoms with Crippen LogP contribution in [0.2, 0.25) is 0 Å². The number of ether oxygens (including phenoxy) is 1. The van der Waals surface area contributed by atoms with Gasteiger partial charge in [0.05, 0.1) is 6.10 Å². The molecule has 0 aliphatic heterocycles. The van der Waals surface area contributed by atoms with Crippen molar-refractivity contribution in [1.82, 2.24) is 0 Å². The predicted octanol–water partition coefficient (Wildman–Crippen LogP) is 3.35. The van der Waals surface area contributed by atoms with Crippen LogP contribution >= 0.6 is 0 Å². The van der Waals surface area contributed by atoms with Gasteiger partial charge in [0.2, 0.25) is 0 Å². The summed E-state index contributed by atoms with van der Waals surface area (Å²) in [6, 6.07) is 2.25. The third-order valence-corrected chi connectivity index (χ3v) is 3.70. The number of aryl methyl sites for hydroxylation is 2. The highest BCUT2D eigenvalue weighted by atomic mass is 16.5. The molecule has 0 aliphatic rings. The lowest BCUT2D eigenvalue weighted by molar-refractivity contribution is 0.0932. The first-order valence-electron chi connectivity index (χ1n) is 6.33. The molecule has 0 saturated carbocycles. The second kappa shape index (κ2) is 6.18. The summed E-state index contributed by atoms with van der Waals surface area (Å²) >= 11 is 0. The van der Waals surface area contributed by atoms with Crippen LogP contribution in [-0.2, 0) is 4.74 Å². The van der Waals surface area contributed by atoms with Gasteiger partial charge in [-0.3, -0.25) is 0 Å². The van der Waals surface area contributed by atoms with Crippen molar-refractivity contribution in [3.63, 3.8) is 0 Å². The highest BCUT2D eigenvalue weighted by Gasteiger charge is 2.17. The fourth-order valence-electron chi connectivity index (χ4n) is 2.41. The monoisotopic (exact) mass is 235 g/mol. The van der Waals surface area contributed by atoms with Gasteiger partial charge >= 0.3 is 0 Å². The van der Waals surface area contributed by atoms with Gasteiger partial charge in [0.15, 0.2) is 0 Å². The molecule has 1 aromatic carbocycles. The van der Waals surface area contributed by atoms with Gasteiger partial charge in [0.25, 0.3) is 0 Å². The first kappa shape index (κ1) is 14.2. The van der Waals surface area contributed by atoms with Gasteiger partial charge in [-0.05, 0) is 74.9 Å². The van der Waals surface area contributed by atoms with Crippen LogP contribution in [0.15, 0.2) is 6.07 Å². The molecule has 1 unspecified atom stereocenters. The van der Waals surface area contributed by atoms with Crippen LogP contribution in [0.3, 0.4) is 0 Å². The van der Waals surface area contributed by atoms with Crippen LogP contribution in [0.25, 0.3) is 0 Å². The summed E-state index contributed by atoms with van der Waals surface area (Å²) in [5.41, 5.74) is 12.4. The Hall–Kier alpha value is -0.860. The van der Waals surface area contributed by atoms with E-state index in [2.05, 4.69) is 33.8 Å². The molecule has 96 valence electrons. The van der Waals surface area contributed by atoms with Crippen molar-refractivity contribution in [1.29, 1.82) is 0 Å². The zero-order chi connectivity index (χ0) is 13.0. The lowest BCUT2D eigenvalue weighted by Crippen LogP contribution is -2.10. The van der Waals surface area contributed by atoms with E-state index in [0.717, 1.165) is 19.4 Å². The third-order valence-electron chi connectivity index (χ3n) is 3.70. The van der Waals surface area contributed by atoms with E-state index in [9.17, 15) is 0 Å². The summed E-state index contributed by atoms with van der Waals surface area (Å²) in [6.07, 6.45) is 2.18. The van der Waals surface area contributed by atoms with Crippen molar-refractivity contribution in [3.8, 4) is 0 Å². The largest absolute Gasteiger partial charge is 0.377 e. The molecular weight excluding hydrogens is 210 g/mol. The quantitative estimate of drug-likeness (QED) is 0.849. The molecule has 0 saturated heterocycles. The molecule has 2 heteroatoms. The van der Waals surface area contributed by atoms with E-state index in [0.29, 0.717) is 0 Å². The number of nitrogens with two attached hydrogens (primary N) is 1. The van der Waals surface area contributed by atoms with E-state index in [-0.39, 0.29) is 6.10 Å². The Morgan fingerprint density at radius 3 is 2.06 bits per heavy atom. The van der Waals surface area contributed by atoms with E-state index < -0.39 is 0 Å². The van der Waals surface area contributed by atoms with Crippen molar-refractivity contribution >= 4 is 0 Å². The minimum atomic E-state index is 0.178. The summed E-state index contributed by atoms with van der Waals surface area (Å²) in [6.45, 7) is 9.43. The van der Waals surface area contributed by atoms with Crippen LogP contribution in [0, 0.1) is 27.7 Å². The Labute approximate surface area is 105 Å². The zero-order valence-electron chi connectivity index (χ0n) is 11.8. The number of hydrogen-bond acceptors (Lipinski definition) is 2. The minimum absolute atomic E-state index is 0.178. The number of hydrogen-bond donors (Lipinski definition) is 1. The maximum atomic E-state index is 5.65. The Kier molecular flexibility index (Phi) is 5.16. The van der Waals surface area contributed by atoms with Gasteiger partial charge < -0.3 is 10.5 Å². The van der Waals surface area contributed by atoms with Crippen LogP contribution in [0.4, 0.5) is 0 Å². The van der Waals surface area contributed by atoms with Crippen LogP contribution < -0.4 is 5.73 Å². The smallest absolute Gasteiger partial charge is 0.0826 e. The Balaban J connectivity index is 3.17. The third kappa shape index (κ3) is 3.08. The molecule has 1 rings (SSSR count). The Morgan fingerprint density at radius 2 is 1.65 bits per heavy atom. The molecule has 2 N–H and O–H groups in total. The maximum absolute atomic E-state index is 5.65. The molecule has 2 nitrogen and oxygen atoms in total. The average molecular weight is 235 g/mol. The van der Waals surface area contributed by atoms with Gasteiger partial charge in [0.1, 0.15) is 0 Å². The average Bonchev–Trinajstić information content (AvgIpc) is 2.31. The van der Waals surface area contributed by atoms with Crippen molar-refractivity contribution in [2.45, 2.75) is 46.6 Å². The second-order valence-corrected chi connectivity index (χ2v) is 4.83. The predicted molar refractivity (Wildman–Crippen MR) is 73.4 cm³/mol. The molecule has 0 heterocycles. The molecule has 0 radical (unpaired) electrons. The molecule has 17 heavy (non-hydrogen) atoms. The van der Waals surface area contributed by atoms with Crippen LogP contribution in [0.1, 0.15) is 46.8 Å². The van der Waals surface area contributed by atoms with Crippen molar-refractivity contribution in [2.24, 2.45) is 5.73 Å². The number of methoxy groups -OCH3 is 1. The first-order chi connectivity index (χ1) is 8.02. The summed E-state index contributed by atoms with van der Waals surface area (Å²) in [4.78, 5) is 0. The first-order valence-corrected chi connectivity index (χ1v) is 6.33. The van der Waals surface area contributed by atoms with Crippen LogP contribution in [-0.4, -0.2) is 13.7 Å². The second-order valence-electron chi connectivity index (χ2n) is 4.83. The van der Waals surface area contributed by atoms with E-state index in [4.69, 9.17) is 10.5 Å². The molecule has 1 aromatic rings. The number of benzene rings is 1. The SMILES string of the molecule is COC(CCCN)c1c(C)c(C)cc(C)c1C. The number of rotatable bonds is 5. The fraction of sp³-hybridized carbons (Fsp3) is 0.600. The van der Waals surface area contributed by atoms with Crippen molar-refractivity contribution in [2.75, 3.05) is 13.7 Å². The lowest BCUT2D eigenvalue weighted by atomic mass is 9.89. The van der Waals surface area contributed by atoms with E-state index in [1.807, 2.05) is 0 Å². The maximum Gasteiger partial charge on any atom is 0.0826 e. The molecule has 0 bridgehead atoms. The molecule has 0 amide bonds. The minimum Gasteiger partial charge on any atom is -0.377 e. The summed E-state index contributed by atoms with van der Waals surface area (Å²) in [5, 5.41) is 0. The van der Waals surface area contributed by atoms with Gasteiger partial charge in [-0.15, -0.1) is 0 Å². The standard InChI is InChI=1S/C15H25NO/c1-10-9-11(2)13(4)15(12(10)3)14(17-5)7-6-8-16/h9,14H,6-8,16H2,1-5H3. The van der Waals surface area contributed by atoms with E-state index in [1.165, 1.54) is 27.8 Å². The van der Waals surface area contributed by atoms with Crippen molar-refractivity contribution < 1.29 is 4.74 Å². The Bertz CT molecular complexity index is 359. The summed E-state index contributed by atoms with van der Waals surface area (Å²) in [7, 11) is 1.79. The Morgan fingerprint density at radius 1 is 1.12 bits per heavy atom. The molecular formula is C15H25NO. The molecule has 0 spiro atoms. The highest BCUT2D eigenvalue weighted by Crippen LogP contribution is 2.31. The van der Waals surface area contributed by atoms with Gasteiger partial charge in [-0.1, -0.05) is 6.07 Å². The van der Waals surface area contributed by atoms with E-state index in [1.54, 1.807) is 7.11 Å². The summed E-state index contributed by atoms with van der Waals surface area (Å²) in [5.74, 6) is 0. The highest BCUT2D eigenvalue weighted by molar-refractivity contribution is 5.45. The summed E-state index contributed by atoms with van der Waals surface area (Å²) < 4.78 is 5.65.